The van der Waals surface area contributed by atoms with Gasteiger partial charge in [0.2, 0.25) is 0 Å². The molecule has 0 bridgehead atoms. The van der Waals surface area contributed by atoms with Crippen molar-refractivity contribution in [1.82, 2.24) is 0 Å². The van der Waals surface area contributed by atoms with Crippen LogP contribution in [0.1, 0.15) is 50.5 Å². The third-order valence-corrected chi connectivity index (χ3v) is 4.64. The molecule has 2 aliphatic carbocycles. The number of hydrogen-bond acceptors (Lipinski definition) is 3. The minimum Gasteiger partial charge on any atom is -0.493 e. The molecule has 3 rings (SSSR count). The van der Waals surface area contributed by atoms with Crippen LogP contribution < -0.4 is 9.47 Å². The van der Waals surface area contributed by atoms with Gasteiger partial charge in [-0.15, -0.1) is 0 Å². The van der Waals surface area contributed by atoms with Crippen LogP contribution in [-0.2, 0) is 10.2 Å². The van der Waals surface area contributed by atoms with Crippen LogP contribution in [0.5, 0.6) is 11.5 Å². The van der Waals surface area contributed by atoms with Crippen LogP contribution in [0.15, 0.2) is 18.2 Å². The highest BCUT2D eigenvalue weighted by Crippen LogP contribution is 2.47. The quantitative estimate of drug-likeness (QED) is 0.901. The lowest BCUT2D eigenvalue weighted by Gasteiger charge is -2.35. The largest absolute Gasteiger partial charge is 0.493 e. The molecule has 1 aromatic carbocycles. The van der Waals surface area contributed by atoms with Crippen molar-refractivity contribution in [3.63, 3.8) is 0 Å². The van der Waals surface area contributed by atoms with Gasteiger partial charge >= 0.3 is 5.97 Å². The summed E-state index contributed by atoms with van der Waals surface area (Å²) in [4.78, 5) is 12.0. The minimum absolute atomic E-state index is 0.217. The molecular weight excluding hydrogens is 268 g/mol. The molecule has 4 nitrogen and oxygen atoms in total. The number of ether oxygens (including phenoxy) is 2. The maximum Gasteiger partial charge on any atom is 0.314 e. The maximum absolute atomic E-state index is 12.0. The first-order chi connectivity index (χ1) is 10.2. The van der Waals surface area contributed by atoms with E-state index in [1.54, 1.807) is 7.11 Å². The molecule has 0 amide bonds. The second-order valence-corrected chi connectivity index (χ2v) is 6.10. The summed E-state index contributed by atoms with van der Waals surface area (Å²) < 4.78 is 11.4. The van der Waals surface area contributed by atoms with Crippen LogP contribution in [0.3, 0.4) is 0 Å². The highest BCUT2D eigenvalue weighted by molar-refractivity contribution is 5.83. The van der Waals surface area contributed by atoms with Crippen LogP contribution in [0.25, 0.3) is 0 Å². The number of rotatable bonds is 5. The van der Waals surface area contributed by atoms with Gasteiger partial charge in [0, 0.05) is 5.56 Å². The summed E-state index contributed by atoms with van der Waals surface area (Å²) in [5.74, 6) is 0.550. The van der Waals surface area contributed by atoms with Gasteiger partial charge in [-0.25, -0.2) is 0 Å². The highest BCUT2D eigenvalue weighted by atomic mass is 16.5. The summed E-state index contributed by atoms with van der Waals surface area (Å²) in [6.45, 7) is 0. The molecule has 2 fully saturated rings. The minimum atomic E-state index is -0.822. The first kappa shape index (κ1) is 14.2. The van der Waals surface area contributed by atoms with Crippen molar-refractivity contribution >= 4 is 5.97 Å². The smallest absolute Gasteiger partial charge is 0.314 e. The molecule has 114 valence electrons. The van der Waals surface area contributed by atoms with E-state index < -0.39 is 11.4 Å². The topological polar surface area (TPSA) is 55.8 Å². The fourth-order valence-electron chi connectivity index (χ4n) is 3.28. The molecule has 4 heteroatoms. The van der Waals surface area contributed by atoms with E-state index in [0.717, 1.165) is 37.7 Å². The van der Waals surface area contributed by atoms with Gasteiger partial charge in [-0.3, -0.25) is 4.79 Å². The van der Waals surface area contributed by atoms with Gasteiger partial charge in [-0.1, -0.05) is 31.4 Å². The summed E-state index contributed by atoms with van der Waals surface area (Å²) in [6, 6.07) is 5.62. The van der Waals surface area contributed by atoms with Crippen molar-refractivity contribution < 1.29 is 19.4 Å². The molecule has 0 atom stereocenters. The first-order valence-corrected chi connectivity index (χ1v) is 7.75. The molecule has 2 aliphatic rings. The van der Waals surface area contributed by atoms with Gasteiger partial charge in [0.25, 0.3) is 0 Å². The fraction of sp³-hybridized carbons (Fsp3) is 0.588. The van der Waals surface area contributed by atoms with Crippen LogP contribution in [0.2, 0.25) is 0 Å². The molecule has 0 unspecified atom stereocenters. The van der Waals surface area contributed by atoms with Gasteiger partial charge in [0.05, 0.1) is 18.6 Å². The number of carbonyl (C=O) groups is 1. The van der Waals surface area contributed by atoms with E-state index >= 15 is 0 Å². The molecule has 2 saturated carbocycles. The Morgan fingerprint density at radius 3 is 2.52 bits per heavy atom. The predicted octanol–water partition coefficient (Wildman–Crippen LogP) is 3.52. The van der Waals surface area contributed by atoms with Crippen LogP contribution >= 0.6 is 0 Å². The first-order valence-electron chi connectivity index (χ1n) is 7.75. The number of aliphatic carboxylic acids is 1. The van der Waals surface area contributed by atoms with E-state index in [1.807, 2.05) is 18.2 Å². The number of hydrogen-bond donors (Lipinski definition) is 1. The van der Waals surface area contributed by atoms with Gasteiger partial charge < -0.3 is 14.6 Å². The lowest BCUT2D eigenvalue weighted by atomic mass is 9.69. The zero-order chi connectivity index (χ0) is 14.9. The Kier molecular flexibility index (Phi) is 3.79. The predicted molar refractivity (Wildman–Crippen MR) is 79.0 cm³/mol. The van der Waals surface area contributed by atoms with Crippen molar-refractivity contribution in [3.05, 3.63) is 23.8 Å². The lowest BCUT2D eigenvalue weighted by molar-refractivity contribution is -0.145. The van der Waals surface area contributed by atoms with Crippen molar-refractivity contribution in [3.8, 4) is 11.5 Å². The summed E-state index contributed by atoms with van der Waals surface area (Å²) >= 11 is 0. The van der Waals surface area contributed by atoms with E-state index in [1.165, 1.54) is 0 Å². The molecule has 0 radical (unpaired) electrons. The van der Waals surface area contributed by atoms with Crippen molar-refractivity contribution in [2.24, 2.45) is 0 Å². The van der Waals surface area contributed by atoms with E-state index in [-0.39, 0.29) is 6.10 Å². The molecule has 0 aliphatic heterocycles. The monoisotopic (exact) mass is 290 g/mol. The summed E-state index contributed by atoms with van der Waals surface area (Å²) in [5, 5.41) is 9.88. The maximum atomic E-state index is 12.0. The Morgan fingerprint density at radius 1 is 1.24 bits per heavy atom. The van der Waals surface area contributed by atoms with Crippen LogP contribution in [0.4, 0.5) is 0 Å². The summed E-state index contributed by atoms with van der Waals surface area (Å²) in [7, 11) is 1.60. The fourth-order valence-corrected chi connectivity index (χ4v) is 3.28. The van der Waals surface area contributed by atoms with Gasteiger partial charge in [-0.2, -0.15) is 0 Å². The zero-order valence-corrected chi connectivity index (χ0v) is 12.4. The van der Waals surface area contributed by atoms with E-state index in [2.05, 4.69) is 0 Å². The molecule has 0 heterocycles. The second kappa shape index (κ2) is 5.58. The number of carboxylic acids is 1. The molecule has 1 N–H and O–H groups in total. The normalized spacial score (nSPS) is 20.8. The third-order valence-electron chi connectivity index (χ3n) is 4.64. The lowest BCUT2D eigenvalue weighted by Crippen LogP contribution is -2.38. The van der Waals surface area contributed by atoms with E-state index in [0.29, 0.717) is 24.3 Å². The Labute approximate surface area is 125 Å². The SMILES string of the molecule is COc1cccc(C2(C(=O)O)CCCCC2)c1OC1CC1. The van der Waals surface area contributed by atoms with E-state index in [4.69, 9.17) is 9.47 Å². The van der Waals surface area contributed by atoms with Crippen LogP contribution in [-0.4, -0.2) is 24.3 Å². The Balaban J connectivity index is 2.07. The highest BCUT2D eigenvalue weighted by Gasteiger charge is 2.44. The van der Waals surface area contributed by atoms with Crippen molar-refractivity contribution in [2.45, 2.75) is 56.5 Å². The van der Waals surface area contributed by atoms with Gasteiger partial charge in [0.1, 0.15) is 0 Å². The average Bonchev–Trinajstić information content (AvgIpc) is 3.32. The molecule has 0 saturated heterocycles. The molecular formula is C17H22O4. The molecule has 21 heavy (non-hydrogen) atoms. The van der Waals surface area contributed by atoms with Crippen molar-refractivity contribution in [2.75, 3.05) is 7.11 Å². The van der Waals surface area contributed by atoms with Gasteiger partial charge in [-0.05, 0) is 31.7 Å². The Morgan fingerprint density at radius 2 is 1.95 bits per heavy atom. The summed E-state index contributed by atoms with van der Waals surface area (Å²) in [5.41, 5.74) is -0.0299. The Bertz CT molecular complexity index is 528. The zero-order valence-electron chi connectivity index (χ0n) is 12.4. The number of para-hydroxylation sites is 1. The average molecular weight is 290 g/mol. The number of methoxy groups -OCH3 is 1. The van der Waals surface area contributed by atoms with Gasteiger partial charge in [0.15, 0.2) is 11.5 Å². The molecule has 1 aromatic rings. The molecule has 0 aromatic heterocycles. The summed E-state index contributed by atoms with van der Waals surface area (Å²) in [6.07, 6.45) is 6.66. The number of carboxylic acid groups (broad SMARTS) is 1. The van der Waals surface area contributed by atoms with E-state index in [9.17, 15) is 9.90 Å². The third kappa shape index (κ3) is 2.59. The second-order valence-electron chi connectivity index (χ2n) is 6.10. The van der Waals surface area contributed by atoms with Crippen molar-refractivity contribution in [1.29, 1.82) is 0 Å². The number of benzene rings is 1. The Hall–Kier alpha value is -1.71. The molecule has 0 spiro atoms. The standard InChI is InChI=1S/C17H22O4/c1-20-14-7-5-6-13(15(14)21-12-8-9-12)17(16(18)19)10-3-2-4-11-17/h5-7,12H,2-4,8-11H2,1H3,(H,18,19). The van der Waals surface area contributed by atoms with Crippen LogP contribution in [0, 0.1) is 0 Å².